The number of nitrogens with zero attached hydrogens (tertiary/aromatic N) is 2. The maximum Gasteiger partial charge on any atom is 0.262 e. The molecule has 1 amide bonds. The van der Waals surface area contributed by atoms with Crippen LogP contribution in [-0.2, 0) is 4.79 Å². The molecule has 0 aromatic rings. The first-order valence-electron chi connectivity index (χ1n) is 9.23. The zero-order valence-electron chi connectivity index (χ0n) is 15.8. The van der Waals surface area contributed by atoms with Crippen molar-refractivity contribution in [2.75, 3.05) is 46.3 Å². The Kier molecular flexibility index (Phi) is 11.3. The highest BCUT2D eigenvalue weighted by Crippen LogP contribution is 2.31. The van der Waals surface area contributed by atoms with Crippen molar-refractivity contribution in [2.45, 2.75) is 56.0 Å². The van der Waals surface area contributed by atoms with Crippen molar-refractivity contribution in [3.63, 3.8) is 0 Å². The molecule has 3 aliphatic heterocycles. The number of alkyl halides is 2. The second-order valence-corrected chi connectivity index (χ2v) is 7.79. The topological polar surface area (TPSA) is 47.6 Å². The Hall–Kier alpha value is 0.0800. The Labute approximate surface area is 179 Å². The summed E-state index contributed by atoms with van der Waals surface area (Å²) in [6.07, 6.45) is 5.36. The number of hydrogen-bond acceptors (Lipinski definition) is 4. The normalized spacial score (nSPS) is 27.6. The molecule has 0 aromatic carbocycles. The van der Waals surface area contributed by atoms with Gasteiger partial charge in [0.25, 0.3) is 5.92 Å². The molecule has 0 saturated carbocycles. The standard InChI is InChI=1S/C17H30F2N4O.3ClH/c1-22-9-5-16(6-10-22,23-7-3-2-4-8-23)12-21-15(24)14-11-17(18,19)13-20-14;;;/h14,20H,2-13H2,1H3,(H,21,24);3*1H. The van der Waals surface area contributed by atoms with E-state index in [2.05, 4.69) is 27.5 Å². The van der Waals surface area contributed by atoms with Crippen LogP contribution in [0.1, 0.15) is 38.5 Å². The highest BCUT2D eigenvalue weighted by atomic mass is 35.5. The summed E-state index contributed by atoms with van der Waals surface area (Å²) >= 11 is 0. The van der Waals surface area contributed by atoms with E-state index in [4.69, 9.17) is 0 Å². The summed E-state index contributed by atoms with van der Waals surface area (Å²) in [6.45, 7) is 4.38. The third kappa shape index (κ3) is 6.82. The Bertz CT molecular complexity index is 459. The van der Waals surface area contributed by atoms with Crippen LogP contribution in [0.3, 0.4) is 0 Å². The van der Waals surface area contributed by atoms with Gasteiger partial charge < -0.3 is 10.2 Å². The third-order valence-corrected chi connectivity index (χ3v) is 5.96. The van der Waals surface area contributed by atoms with Gasteiger partial charge in [-0.2, -0.15) is 0 Å². The van der Waals surface area contributed by atoms with Gasteiger partial charge >= 0.3 is 0 Å². The summed E-state index contributed by atoms with van der Waals surface area (Å²) in [5, 5.41) is 5.64. The number of rotatable bonds is 4. The Morgan fingerprint density at radius 1 is 1.07 bits per heavy atom. The number of hydrogen-bond donors (Lipinski definition) is 2. The number of nitrogens with one attached hydrogen (secondary N) is 2. The molecule has 1 unspecified atom stereocenters. The van der Waals surface area contributed by atoms with E-state index < -0.39 is 24.9 Å². The van der Waals surface area contributed by atoms with Crippen molar-refractivity contribution >= 4 is 43.1 Å². The molecule has 10 heteroatoms. The fourth-order valence-electron chi connectivity index (χ4n) is 4.28. The van der Waals surface area contributed by atoms with Gasteiger partial charge in [0.15, 0.2) is 0 Å². The summed E-state index contributed by atoms with van der Waals surface area (Å²) in [5.41, 5.74) is -0.0102. The van der Waals surface area contributed by atoms with Gasteiger partial charge in [-0.1, -0.05) is 6.42 Å². The molecule has 0 spiro atoms. The van der Waals surface area contributed by atoms with E-state index in [0.717, 1.165) is 39.0 Å². The molecular formula is C17H33Cl3F2N4O. The molecule has 3 heterocycles. The first-order valence-corrected chi connectivity index (χ1v) is 9.23. The zero-order valence-corrected chi connectivity index (χ0v) is 18.3. The van der Waals surface area contributed by atoms with E-state index in [-0.39, 0.29) is 48.7 Å². The summed E-state index contributed by atoms with van der Waals surface area (Å²) < 4.78 is 26.6. The lowest BCUT2D eigenvalue weighted by Crippen LogP contribution is -2.62. The summed E-state index contributed by atoms with van der Waals surface area (Å²) in [5.74, 6) is -3.04. The van der Waals surface area contributed by atoms with E-state index in [0.29, 0.717) is 6.54 Å². The molecule has 0 bridgehead atoms. The number of carbonyl (C=O) groups is 1. The maximum absolute atomic E-state index is 13.3. The Morgan fingerprint density at radius 2 is 1.67 bits per heavy atom. The lowest BCUT2D eigenvalue weighted by molar-refractivity contribution is -0.124. The average molecular weight is 454 g/mol. The molecule has 5 nitrogen and oxygen atoms in total. The van der Waals surface area contributed by atoms with Crippen LogP contribution < -0.4 is 10.6 Å². The molecule has 3 rings (SSSR count). The molecule has 0 aliphatic carbocycles. The number of halogens is 5. The Balaban J connectivity index is 0.00000225. The minimum Gasteiger partial charge on any atom is -0.353 e. The van der Waals surface area contributed by atoms with Gasteiger partial charge in [0.2, 0.25) is 5.91 Å². The predicted octanol–water partition coefficient (Wildman–Crippen LogP) is 2.32. The molecule has 27 heavy (non-hydrogen) atoms. The smallest absolute Gasteiger partial charge is 0.262 e. The van der Waals surface area contributed by atoms with E-state index >= 15 is 0 Å². The largest absolute Gasteiger partial charge is 0.353 e. The quantitative estimate of drug-likeness (QED) is 0.686. The van der Waals surface area contributed by atoms with Crippen LogP contribution in [0.4, 0.5) is 8.78 Å². The lowest BCUT2D eigenvalue weighted by Gasteiger charge is -2.50. The van der Waals surface area contributed by atoms with Crippen LogP contribution in [0.2, 0.25) is 0 Å². The molecule has 0 radical (unpaired) electrons. The second-order valence-electron chi connectivity index (χ2n) is 7.79. The number of carbonyl (C=O) groups excluding carboxylic acids is 1. The van der Waals surface area contributed by atoms with Crippen molar-refractivity contribution < 1.29 is 13.6 Å². The van der Waals surface area contributed by atoms with Gasteiger partial charge in [-0.15, -0.1) is 37.2 Å². The Morgan fingerprint density at radius 3 is 2.19 bits per heavy atom. The molecule has 3 aliphatic rings. The summed E-state index contributed by atoms with van der Waals surface area (Å²) in [6, 6.07) is -0.760. The maximum atomic E-state index is 13.3. The third-order valence-electron chi connectivity index (χ3n) is 5.96. The lowest BCUT2D eigenvalue weighted by atomic mass is 9.84. The van der Waals surface area contributed by atoms with Crippen LogP contribution >= 0.6 is 37.2 Å². The molecule has 3 fully saturated rings. The minimum absolute atomic E-state index is 0. The van der Waals surface area contributed by atoms with Crippen LogP contribution in [0.25, 0.3) is 0 Å². The summed E-state index contributed by atoms with van der Waals surface area (Å²) in [7, 11) is 2.13. The van der Waals surface area contributed by atoms with Gasteiger partial charge in [0.05, 0.1) is 12.6 Å². The van der Waals surface area contributed by atoms with E-state index in [9.17, 15) is 13.6 Å². The van der Waals surface area contributed by atoms with Crippen molar-refractivity contribution in [3.05, 3.63) is 0 Å². The van der Waals surface area contributed by atoms with Gasteiger partial charge in [0.1, 0.15) is 0 Å². The van der Waals surface area contributed by atoms with Crippen LogP contribution in [0, 0.1) is 0 Å². The molecule has 162 valence electrons. The molecule has 1 atom stereocenters. The van der Waals surface area contributed by atoms with E-state index in [1.165, 1.54) is 19.3 Å². The van der Waals surface area contributed by atoms with Gasteiger partial charge in [-0.25, -0.2) is 8.78 Å². The molecule has 3 saturated heterocycles. The van der Waals surface area contributed by atoms with Crippen molar-refractivity contribution in [1.29, 1.82) is 0 Å². The highest BCUT2D eigenvalue weighted by Gasteiger charge is 2.44. The minimum atomic E-state index is -2.76. The van der Waals surface area contributed by atoms with Gasteiger partial charge in [-0.3, -0.25) is 15.0 Å². The summed E-state index contributed by atoms with van der Waals surface area (Å²) in [4.78, 5) is 17.2. The average Bonchev–Trinajstić information content (AvgIpc) is 2.95. The van der Waals surface area contributed by atoms with Crippen molar-refractivity contribution in [2.24, 2.45) is 0 Å². The van der Waals surface area contributed by atoms with E-state index in [1.54, 1.807) is 0 Å². The molecule has 0 aromatic heterocycles. The fraction of sp³-hybridized carbons (Fsp3) is 0.941. The SMILES string of the molecule is CN1CCC(CNC(=O)C2CC(F)(F)CN2)(N2CCCCC2)CC1.Cl.Cl.Cl. The van der Waals surface area contributed by atoms with Crippen molar-refractivity contribution in [3.8, 4) is 0 Å². The zero-order chi connectivity index (χ0) is 17.2. The van der Waals surface area contributed by atoms with Crippen LogP contribution in [0.5, 0.6) is 0 Å². The monoisotopic (exact) mass is 452 g/mol. The van der Waals surface area contributed by atoms with Crippen LogP contribution in [-0.4, -0.2) is 79.5 Å². The fourth-order valence-corrected chi connectivity index (χ4v) is 4.28. The first-order chi connectivity index (χ1) is 11.4. The number of amides is 1. The molecule has 2 N–H and O–H groups in total. The highest BCUT2D eigenvalue weighted by molar-refractivity contribution is 5.86. The van der Waals surface area contributed by atoms with Crippen molar-refractivity contribution in [1.82, 2.24) is 20.4 Å². The number of piperidine rings is 2. The number of likely N-dealkylation sites (tertiary alicyclic amines) is 2. The first kappa shape index (κ1) is 27.1. The van der Waals surface area contributed by atoms with Crippen LogP contribution in [0.15, 0.2) is 0 Å². The predicted molar refractivity (Wildman–Crippen MR) is 111 cm³/mol. The molecular weight excluding hydrogens is 421 g/mol. The second kappa shape index (κ2) is 11.3. The van der Waals surface area contributed by atoms with Gasteiger partial charge in [-0.05, 0) is 58.9 Å². The van der Waals surface area contributed by atoms with Gasteiger partial charge in [0, 0.05) is 18.5 Å². The van der Waals surface area contributed by atoms with E-state index in [1.807, 2.05) is 0 Å².